The molecule has 0 aliphatic carbocycles. The van der Waals surface area contributed by atoms with E-state index in [0.29, 0.717) is 18.9 Å². The third-order valence-electron chi connectivity index (χ3n) is 6.14. The lowest BCUT2D eigenvalue weighted by Crippen LogP contribution is -2.32. The summed E-state index contributed by atoms with van der Waals surface area (Å²) in [6.45, 7) is 13.6. The number of hydrogen-bond acceptors (Lipinski definition) is 2. The molecule has 2 aromatic carbocycles. The van der Waals surface area contributed by atoms with Crippen molar-refractivity contribution in [2.75, 3.05) is 6.54 Å². The molecule has 2 rings (SSSR count). The van der Waals surface area contributed by atoms with E-state index < -0.39 is 0 Å². The first kappa shape index (κ1) is 24.0. The van der Waals surface area contributed by atoms with Crippen LogP contribution in [0.2, 0.25) is 0 Å². The monoisotopic (exact) mass is 409 g/mol. The number of carbonyl (C=O) groups excluding carboxylic acids is 1. The number of hydrogen-bond donors (Lipinski definition) is 1. The van der Waals surface area contributed by atoms with Gasteiger partial charge in [0.25, 0.3) is 0 Å². The maximum Gasteiger partial charge on any atom is 0.220 e. The lowest BCUT2D eigenvalue weighted by molar-refractivity contribution is -0.121. The van der Waals surface area contributed by atoms with Crippen molar-refractivity contribution in [1.29, 1.82) is 0 Å². The first-order chi connectivity index (χ1) is 14.2. The van der Waals surface area contributed by atoms with Crippen molar-refractivity contribution < 1.29 is 9.53 Å². The molecule has 0 fully saturated rings. The van der Waals surface area contributed by atoms with E-state index in [1.54, 1.807) is 0 Å². The van der Waals surface area contributed by atoms with Crippen molar-refractivity contribution in [3.8, 4) is 5.75 Å². The Balaban J connectivity index is 1.94. The van der Waals surface area contributed by atoms with Crippen LogP contribution in [0.1, 0.15) is 77.8 Å². The van der Waals surface area contributed by atoms with Crippen LogP contribution in [-0.4, -0.2) is 18.6 Å². The van der Waals surface area contributed by atoms with Crippen LogP contribution >= 0.6 is 0 Å². The summed E-state index contributed by atoms with van der Waals surface area (Å²) < 4.78 is 5.74. The molecule has 1 amide bonds. The predicted octanol–water partition coefficient (Wildman–Crippen LogP) is 6.48. The third-order valence-corrected chi connectivity index (χ3v) is 6.14. The van der Waals surface area contributed by atoms with E-state index in [9.17, 15) is 4.79 Å². The van der Waals surface area contributed by atoms with Gasteiger partial charge in [0.05, 0.1) is 6.10 Å². The van der Waals surface area contributed by atoms with Crippen molar-refractivity contribution in [3.05, 3.63) is 65.7 Å². The minimum absolute atomic E-state index is 0.0816. The largest absolute Gasteiger partial charge is 0.491 e. The molecular formula is C27H39NO2. The summed E-state index contributed by atoms with van der Waals surface area (Å²) >= 11 is 0. The average molecular weight is 410 g/mol. The zero-order valence-corrected chi connectivity index (χ0v) is 19.6. The first-order valence-corrected chi connectivity index (χ1v) is 11.3. The molecule has 30 heavy (non-hydrogen) atoms. The average Bonchev–Trinajstić information content (AvgIpc) is 2.72. The number of nitrogens with one attached hydrogen (secondary N) is 1. The van der Waals surface area contributed by atoms with E-state index in [2.05, 4.69) is 75.5 Å². The Morgan fingerprint density at radius 2 is 1.63 bits per heavy atom. The highest BCUT2D eigenvalue weighted by molar-refractivity contribution is 5.76. The highest BCUT2D eigenvalue weighted by Crippen LogP contribution is 2.31. The topological polar surface area (TPSA) is 38.3 Å². The summed E-state index contributed by atoms with van der Waals surface area (Å²) in [5.41, 5.74) is 2.61. The van der Waals surface area contributed by atoms with E-state index in [0.717, 1.165) is 18.6 Å². The molecule has 0 saturated carbocycles. The van der Waals surface area contributed by atoms with E-state index in [4.69, 9.17) is 4.74 Å². The molecule has 0 radical (unpaired) electrons. The van der Waals surface area contributed by atoms with Gasteiger partial charge in [-0.2, -0.15) is 0 Å². The molecule has 0 spiro atoms. The molecular weight excluding hydrogens is 370 g/mol. The van der Waals surface area contributed by atoms with Gasteiger partial charge < -0.3 is 10.1 Å². The van der Waals surface area contributed by atoms with Crippen LogP contribution < -0.4 is 10.1 Å². The minimum atomic E-state index is 0.0816. The van der Waals surface area contributed by atoms with Gasteiger partial charge >= 0.3 is 0 Å². The van der Waals surface area contributed by atoms with Gasteiger partial charge in [-0.25, -0.2) is 0 Å². The molecule has 0 aliphatic rings. The van der Waals surface area contributed by atoms with Crippen LogP contribution in [0.5, 0.6) is 5.75 Å². The SMILES string of the molecule is CC[C@](C)(CCNC(=O)C[C@H](c1ccc(OC(C)C)cc1)C(C)C)c1ccccc1. The highest BCUT2D eigenvalue weighted by atomic mass is 16.5. The molecule has 3 nitrogen and oxygen atoms in total. The van der Waals surface area contributed by atoms with Crippen LogP contribution in [0, 0.1) is 5.92 Å². The van der Waals surface area contributed by atoms with Gasteiger partial charge in [-0.05, 0) is 67.2 Å². The van der Waals surface area contributed by atoms with Crippen LogP contribution in [0.15, 0.2) is 54.6 Å². The van der Waals surface area contributed by atoms with Gasteiger partial charge in [0.15, 0.2) is 0 Å². The Bertz CT molecular complexity index is 767. The van der Waals surface area contributed by atoms with Gasteiger partial charge in [0.1, 0.15) is 5.75 Å². The molecule has 0 heterocycles. The lowest BCUT2D eigenvalue weighted by atomic mass is 9.77. The Hall–Kier alpha value is -2.29. The van der Waals surface area contributed by atoms with E-state index in [1.165, 1.54) is 11.1 Å². The molecule has 164 valence electrons. The molecule has 2 atom stereocenters. The molecule has 0 saturated heterocycles. The number of benzene rings is 2. The predicted molar refractivity (Wildman–Crippen MR) is 126 cm³/mol. The Kier molecular flexibility index (Phi) is 8.95. The number of rotatable bonds is 11. The van der Waals surface area contributed by atoms with Gasteiger partial charge in [0.2, 0.25) is 5.91 Å². The zero-order valence-electron chi connectivity index (χ0n) is 19.6. The van der Waals surface area contributed by atoms with Crippen molar-refractivity contribution in [2.24, 2.45) is 5.92 Å². The number of ether oxygens (including phenoxy) is 1. The number of amides is 1. The summed E-state index contributed by atoms with van der Waals surface area (Å²) in [5, 5.41) is 3.17. The summed E-state index contributed by atoms with van der Waals surface area (Å²) in [6, 6.07) is 18.8. The van der Waals surface area contributed by atoms with E-state index in [1.807, 2.05) is 26.0 Å². The van der Waals surface area contributed by atoms with Gasteiger partial charge in [-0.15, -0.1) is 0 Å². The fraction of sp³-hybridized carbons (Fsp3) is 0.519. The highest BCUT2D eigenvalue weighted by Gasteiger charge is 2.25. The summed E-state index contributed by atoms with van der Waals surface area (Å²) in [4.78, 5) is 12.7. The smallest absolute Gasteiger partial charge is 0.220 e. The van der Waals surface area contributed by atoms with E-state index in [-0.39, 0.29) is 23.3 Å². The van der Waals surface area contributed by atoms with Crippen molar-refractivity contribution in [2.45, 2.75) is 78.2 Å². The Labute approximate surface area is 183 Å². The second-order valence-corrected chi connectivity index (χ2v) is 9.17. The second kappa shape index (κ2) is 11.2. The summed E-state index contributed by atoms with van der Waals surface area (Å²) in [5.74, 6) is 1.59. The zero-order chi connectivity index (χ0) is 22.1. The van der Waals surface area contributed by atoms with Crippen LogP contribution in [0.4, 0.5) is 0 Å². The minimum Gasteiger partial charge on any atom is -0.491 e. The summed E-state index contributed by atoms with van der Waals surface area (Å²) in [7, 11) is 0. The molecule has 0 unspecified atom stereocenters. The maximum atomic E-state index is 12.7. The summed E-state index contributed by atoms with van der Waals surface area (Å²) in [6.07, 6.45) is 2.65. The molecule has 2 aromatic rings. The first-order valence-electron chi connectivity index (χ1n) is 11.3. The van der Waals surface area contributed by atoms with Crippen molar-refractivity contribution in [1.82, 2.24) is 5.32 Å². The van der Waals surface area contributed by atoms with Crippen LogP contribution in [-0.2, 0) is 10.2 Å². The molecule has 0 aliphatic heterocycles. The Morgan fingerprint density at radius 3 is 2.17 bits per heavy atom. The molecule has 0 bridgehead atoms. The lowest BCUT2D eigenvalue weighted by Gasteiger charge is -2.29. The quantitative estimate of drug-likeness (QED) is 0.461. The normalized spacial score (nSPS) is 14.4. The van der Waals surface area contributed by atoms with Gasteiger partial charge in [-0.1, -0.05) is 70.2 Å². The van der Waals surface area contributed by atoms with Crippen molar-refractivity contribution in [3.63, 3.8) is 0 Å². The second-order valence-electron chi connectivity index (χ2n) is 9.17. The molecule has 1 N–H and O–H groups in total. The fourth-order valence-electron chi connectivity index (χ4n) is 3.92. The van der Waals surface area contributed by atoms with Crippen LogP contribution in [0.3, 0.4) is 0 Å². The van der Waals surface area contributed by atoms with E-state index >= 15 is 0 Å². The molecule has 3 heteroatoms. The van der Waals surface area contributed by atoms with Crippen LogP contribution in [0.25, 0.3) is 0 Å². The van der Waals surface area contributed by atoms with Gasteiger partial charge in [0, 0.05) is 13.0 Å². The Morgan fingerprint density at radius 1 is 1.00 bits per heavy atom. The fourth-order valence-corrected chi connectivity index (χ4v) is 3.92. The number of carbonyl (C=O) groups is 1. The third kappa shape index (κ3) is 6.90. The van der Waals surface area contributed by atoms with Gasteiger partial charge in [-0.3, -0.25) is 4.79 Å². The molecule has 0 aromatic heterocycles. The maximum absolute atomic E-state index is 12.7. The van der Waals surface area contributed by atoms with Crippen molar-refractivity contribution >= 4 is 5.91 Å². The standard InChI is InChI=1S/C27H39NO2/c1-7-27(6,23-11-9-8-10-12-23)17-18-28-26(29)19-25(20(2)3)22-13-15-24(16-14-22)30-21(4)5/h8-16,20-21,25H,7,17-19H2,1-6H3,(H,28,29)/t25-,27+/m0/s1.